The number of aliphatic hydroxyl groups is 1. The first-order chi connectivity index (χ1) is 11.6. The Hall–Kier alpha value is -1.02. The van der Waals surface area contributed by atoms with E-state index >= 15 is 0 Å². The van der Waals surface area contributed by atoms with Crippen LogP contribution in [0.2, 0.25) is 0 Å². The van der Waals surface area contributed by atoms with Gasteiger partial charge in [0.15, 0.2) is 0 Å². The van der Waals surface area contributed by atoms with E-state index in [1.165, 1.54) is 56.1 Å². The first kappa shape index (κ1) is 15.3. The van der Waals surface area contributed by atoms with Crippen LogP contribution in [0.1, 0.15) is 75.3 Å². The minimum Gasteiger partial charge on any atom is -0.508 e. The fourth-order valence-electron chi connectivity index (χ4n) is 6.88. The van der Waals surface area contributed by atoms with Gasteiger partial charge in [-0.1, -0.05) is 38.2 Å². The van der Waals surface area contributed by atoms with Crippen LogP contribution in [-0.4, -0.2) is 15.8 Å². The molecular formula is C22H30O2. The number of benzene rings is 1. The van der Waals surface area contributed by atoms with Crippen LogP contribution in [0, 0.1) is 17.8 Å². The molecule has 1 aromatic rings. The lowest BCUT2D eigenvalue weighted by atomic mass is 9.43. The normalized spacial score (nSPS) is 41.2. The summed E-state index contributed by atoms with van der Waals surface area (Å²) in [5.41, 5.74) is 2.07. The highest BCUT2D eigenvalue weighted by molar-refractivity contribution is 5.47. The van der Waals surface area contributed by atoms with Gasteiger partial charge in [0, 0.05) is 5.41 Å². The van der Waals surface area contributed by atoms with Gasteiger partial charge in [-0.2, -0.15) is 0 Å². The van der Waals surface area contributed by atoms with Crippen LogP contribution >= 0.6 is 0 Å². The molecule has 24 heavy (non-hydrogen) atoms. The van der Waals surface area contributed by atoms with Gasteiger partial charge in [0.1, 0.15) is 5.75 Å². The van der Waals surface area contributed by atoms with E-state index < -0.39 is 5.60 Å². The van der Waals surface area contributed by atoms with Crippen LogP contribution in [-0.2, 0) is 11.8 Å². The molecule has 3 saturated carbocycles. The molecule has 0 saturated heterocycles. The molecule has 0 aliphatic heterocycles. The molecule has 2 bridgehead atoms. The maximum atomic E-state index is 12.0. The molecule has 0 heterocycles. The minimum atomic E-state index is -0.529. The monoisotopic (exact) mass is 326 g/mol. The molecule has 130 valence electrons. The topological polar surface area (TPSA) is 40.5 Å². The Bertz CT molecular complexity index is 649. The standard InChI is InChI=1S/C22H30O2/c23-18-7-6-16-13-20-17(12-15-4-3-5-15)8-11-21(19(16)14-18)9-1-2-10-22(20,21)24/h6-7,14-15,17,20,23-24H,1-5,8-13H2/t17?,20-,21-,22+/m0/s1. The van der Waals surface area contributed by atoms with Crippen LogP contribution in [0.25, 0.3) is 0 Å². The van der Waals surface area contributed by atoms with Crippen molar-refractivity contribution in [2.45, 2.75) is 81.6 Å². The van der Waals surface area contributed by atoms with Crippen molar-refractivity contribution in [3.63, 3.8) is 0 Å². The summed E-state index contributed by atoms with van der Waals surface area (Å²) in [5, 5.41) is 22.1. The Labute approximate surface area is 145 Å². The van der Waals surface area contributed by atoms with Gasteiger partial charge >= 0.3 is 0 Å². The Balaban J connectivity index is 1.59. The van der Waals surface area contributed by atoms with E-state index in [1.807, 2.05) is 12.1 Å². The number of hydrogen-bond acceptors (Lipinski definition) is 2. The Morgan fingerprint density at radius 2 is 1.83 bits per heavy atom. The summed E-state index contributed by atoms with van der Waals surface area (Å²) >= 11 is 0. The predicted molar refractivity (Wildman–Crippen MR) is 95.1 cm³/mol. The van der Waals surface area contributed by atoms with E-state index in [2.05, 4.69) is 6.07 Å². The first-order valence-electron chi connectivity index (χ1n) is 10.2. The van der Waals surface area contributed by atoms with Gasteiger partial charge in [0.25, 0.3) is 0 Å². The smallest absolute Gasteiger partial charge is 0.115 e. The summed E-state index contributed by atoms with van der Waals surface area (Å²) in [5.74, 6) is 2.43. The molecule has 2 heteroatoms. The summed E-state index contributed by atoms with van der Waals surface area (Å²) in [7, 11) is 0. The quantitative estimate of drug-likeness (QED) is 0.826. The second kappa shape index (κ2) is 5.24. The van der Waals surface area contributed by atoms with E-state index in [0.29, 0.717) is 17.6 Å². The van der Waals surface area contributed by atoms with E-state index in [-0.39, 0.29) is 5.41 Å². The number of rotatable bonds is 2. The average Bonchev–Trinajstić information content (AvgIpc) is 2.53. The molecule has 4 aliphatic carbocycles. The lowest BCUT2D eigenvalue weighted by molar-refractivity contribution is -0.168. The zero-order valence-electron chi connectivity index (χ0n) is 14.6. The molecule has 1 unspecified atom stereocenters. The van der Waals surface area contributed by atoms with E-state index in [0.717, 1.165) is 31.6 Å². The van der Waals surface area contributed by atoms with Crippen LogP contribution in [0.5, 0.6) is 5.75 Å². The maximum Gasteiger partial charge on any atom is 0.115 e. The molecule has 0 radical (unpaired) electrons. The molecule has 2 nitrogen and oxygen atoms in total. The van der Waals surface area contributed by atoms with Crippen molar-refractivity contribution in [1.82, 2.24) is 0 Å². The van der Waals surface area contributed by atoms with Crippen molar-refractivity contribution in [2.24, 2.45) is 17.8 Å². The highest BCUT2D eigenvalue weighted by atomic mass is 16.3. The largest absolute Gasteiger partial charge is 0.508 e. The minimum absolute atomic E-state index is 0.0850. The molecule has 0 amide bonds. The molecule has 0 spiro atoms. The van der Waals surface area contributed by atoms with Crippen molar-refractivity contribution in [3.8, 4) is 5.75 Å². The van der Waals surface area contributed by atoms with Crippen molar-refractivity contribution in [2.75, 3.05) is 0 Å². The fourth-order valence-corrected chi connectivity index (χ4v) is 6.88. The number of phenols is 1. The van der Waals surface area contributed by atoms with Crippen molar-refractivity contribution in [3.05, 3.63) is 29.3 Å². The van der Waals surface area contributed by atoms with Crippen LogP contribution < -0.4 is 0 Å². The Morgan fingerprint density at radius 1 is 1.00 bits per heavy atom. The molecule has 2 N–H and O–H groups in total. The number of phenolic OH excluding ortho intramolecular Hbond substituents is 1. The van der Waals surface area contributed by atoms with Gasteiger partial charge in [-0.05, 0) is 79.5 Å². The van der Waals surface area contributed by atoms with Gasteiger partial charge in [-0.3, -0.25) is 0 Å². The third-order valence-corrected chi connectivity index (χ3v) is 8.27. The zero-order valence-corrected chi connectivity index (χ0v) is 14.6. The fraction of sp³-hybridized carbons (Fsp3) is 0.727. The first-order valence-corrected chi connectivity index (χ1v) is 10.2. The second-order valence-corrected chi connectivity index (χ2v) is 9.20. The number of hydrogen-bond donors (Lipinski definition) is 2. The van der Waals surface area contributed by atoms with Gasteiger partial charge in [-0.15, -0.1) is 0 Å². The third-order valence-electron chi connectivity index (χ3n) is 8.27. The zero-order chi connectivity index (χ0) is 16.4. The Kier molecular flexibility index (Phi) is 3.33. The lowest BCUT2D eigenvalue weighted by Crippen LogP contribution is -2.65. The summed E-state index contributed by atoms with van der Waals surface area (Å²) in [6.45, 7) is 0. The summed E-state index contributed by atoms with van der Waals surface area (Å²) in [4.78, 5) is 0. The molecule has 3 fully saturated rings. The summed E-state index contributed by atoms with van der Waals surface area (Å²) in [6, 6.07) is 5.97. The summed E-state index contributed by atoms with van der Waals surface area (Å²) in [6.07, 6.45) is 13.5. The number of fused-ring (bicyclic) bond motifs is 1. The molecular weight excluding hydrogens is 296 g/mol. The maximum absolute atomic E-state index is 12.0. The van der Waals surface area contributed by atoms with Crippen molar-refractivity contribution >= 4 is 0 Å². The SMILES string of the molecule is Oc1ccc2c(c1)[C@@]13CCCC[C@@]1(O)[C@@H](C2)C(CC1CCC1)CC3. The van der Waals surface area contributed by atoms with Gasteiger partial charge in [-0.25, -0.2) is 0 Å². The molecule has 0 aromatic heterocycles. The van der Waals surface area contributed by atoms with Gasteiger partial charge in [0.05, 0.1) is 5.60 Å². The molecule has 1 aromatic carbocycles. The van der Waals surface area contributed by atoms with E-state index in [1.54, 1.807) is 0 Å². The lowest BCUT2D eigenvalue weighted by Gasteiger charge is -2.63. The second-order valence-electron chi connectivity index (χ2n) is 9.20. The predicted octanol–water partition coefficient (Wildman–Crippen LogP) is 4.71. The molecule has 5 rings (SSSR count). The summed E-state index contributed by atoms with van der Waals surface area (Å²) < 4.78 is 0. The molecule has 4 atom stereocenters. The van der Waals surface area contributed by atoms with Crippen LogP contribution in [0.3, 0.4) is 0 Å². The van der Waals surface area contributed by atoms with Gasteiger partial charge < -0.3 is 10.2 Å². The molecule has 4 aliphatic rings. The van der Waals surface area contributed by atoms with E-state index in [9.17, 15) is 10.2 Å². The van der Waals surface area contributed by atoms with Crippen molar-refractivity contribution < 1.29 is 10.2 Å². The van der Waals surface area contributed by atoms with E-state index in [4.69, 9.17) is 0 Å². The van der Waals surface area contributed by atoms with Crippen LogP contribution in [0.15, 0.2) is 18.2 Å². The number of aromatic hydroxyl groups is 1. The highest BCUT2D eigenvalue weighted by Gasteiger charge is 2.63. The average molecular weight is 326 g/mol. The van der Waals surface area contributed by atoms with Crippen molar-refractivity contribution in [1.29, 1.82) is 0 Å². The van der Waals surface area contributed by atoms with Crippen LogP contribution in [0.4, 0.5) is 0 Å². The highest BCUT2D eigenvalue weighted by Crippen LogP contribution is 2.63. The third kappa shape index (κ3) is 1.92. The van der Waals surface area contributed by atoms with Gasteiger partial charge in [0.2, 0.25) is 0 Å². The Morgan fingerprint density at radius 3 is 2.62 bits per heavy atom.